The predicted molar refractivity (Wildman–Crippen MR) is 117 cm³/mol. The molecule has 31 heavy (non-hydrogen) atoms. The minimum Gasteiger partial charge on any atom is -0.340 e. The monoisotopic (exact) mass is 416 g/mol. The van der Waals surface area contributed by atoms with E-state index in [1.165, 1.54) is 30.5 Å². The molecule has 0 radical (unpaired) electrons. The van der Waals surface area contributed by atoms with Crippen molar-refractivity contribution < 1.29 is 14.5 Å². The van der Waals surface area contributed by atoms with Crippen molar-refractivity contribution in [1.82, 2.24) is 10.7 Å². The fourth-order valence-corrected chi connectivity index (χ4v) is 2.82. The number of nitrogens with zero attached hydrogens (tertiary/aromatic N) is 2. The van der Waals surface area contributed by atoms with E-state index in [2.05, 4.69) is 15.8 Å². The SMILES string of the molecule is O=C(N[C@@H](Cc1ccccc1)C(=O)N/N=C/c1ccccc1)c1ccc([N+](=O)[O-])cc1. The van der Waals surface area contributed by atoms with Crippen LogP contribution in [0.4, 0.5) is 5.69 Å². The summed E-state index contributed by atoms with van der Waals surface area (Å²) in [5.41, 5.74) is 4.23. The van der Waals surface area contributed by atoms with Crippen LogP contribution in [0.15, 0.2) is 90.0 Å². The molecule has 0 unspecified atom stereocenters. The van der Waals surface area contributed by atoms with E-state index in [1.807, 2.05) is 60.7 Å². The minimum absolute atomic E-state index is 0.120. The molecule has 156 valence electrons. The summed E-state index contributed by atoms with van der Waals surface area (Å²) in [6.07, 6.45) is 1.77. The van der Waals surface area contributed by atoms with Gasteiger partial charge in [0.05, 0.1) is 11.1 Å². The zero-order valence-corrected chi connectivity index (χ0v) is 16.5. The number of hydrogen-bond donors (Lipinski definition) is 2. The van der Waals surface area contributed by atoms with Crippen molar-refractivity contribution in [3.8, 4) is 0 Å². The molecular weight excluding hydrogens is 396 g/mol. The maximum absolute atomic E-state index is 12.7. The van der Waals surface area contributed by atoms with E-state index in [4.69, 9.17) is 0 Å². The van der Waals surface area contributed by atoms with Gasteiger partial charge in [-0.2, -0.15) is 5.10 Å². The van der Waals surface area contributed by atoms with E-state index in [9.17, 15) is 19.7 Å². The van der Waals surface area contributed by atoms with E-state index in [1.54, 1.807) is 0 Å². The van der Waals surface area contributed by atoms with Gasteiger partial charge in [-0.05, 0) is 23.3 Å². The summed E-state index contributed by atoms with van der Waals surface area (Å²) in [5, 5.41) is 17.4. The molecule has 0 aliphatic rings. The molecule has 0 fully saturated rings. The normalized spacial score (nSPS) is 11.6. The third-order valence-electron chi connectivity index (χ3n) is 4.43. The standard InChI is InChI=1S/C23H20N4O4/c28-22(19-11-13-20(14-12-19)27(30)31)25-21(15-17-7-3-1-4-8-17)23(29)26-24-16-18-9-5-2-6-10-18/h1-14,16,21H,15H2,(H,25,28)(H,26,29)/b24-16+/t21-/m0/s1. The van der Waals surface area contributed by atoms with Gasteiger partial charge in [0, 0.05) is 24.1 Å². The van der Waals surface area contributed by atoms with Gasteiger partial charge in [-0.15, -0.1) is 0 Å². The topological polar surface area (TPSA) is 114 Å². The molecule has 2 amide bonds. The molecule has 0 bridgehead atoms. The van der Waals surface area contributed by atoms with Gasteiger partial charge in [-0.3, -0.25) is 19.7 Å². The highest BCUT2D eigenvalue weighted by Gasteiger charge is 2.22. The second kappa shape index (κ2) is 10.4. The third kappa shape index (κ3) is 6.33. The maximum Gasteiger partial charge on any atom is 0.269 e. The van der Waals surface area contributed by atoms with Crippen molar-refractivity contribution in [2.75, 3.05) is 0 Å². The van der Waals surface area contributed by atoms with E-state index in [0.717, 1.165) is 11.1 Å². The van der Waals surface area contributed by atoms with E-state index in [0.29, 0.717) is 0 Å². The van der Waals surface area contributed by atoms with E-state index < -0.39 is 22.8 Å². The Bertz CT molecular complexity index is 1070. The summed E-state index contributed by atoms with van der Waals surface area (Å²) in [7, 11) is 0. The average molecular weight is 416 g/mol. The number of hydrazone groups is 1. The zero-order valence-electron chi connectivity index (χ0n) is 16.5. The van der Waals surface area contributed by atoms with Crippen LogP contribution in [0.25, 0.3) is 0 Å². The molecule has 0 saturated heterocycles. The van der Waals surface area contributed by atoms with E-state index >= 15 is 0 Å². The molecule has 1 atom stereocenters. The van der Waals surface area contributed by atoms with Crippen LogP contribution < -0.4 is 10.7 Å². The molecule has 0 aliphatic carbocycles. The van der Waals surface area contributed by atoms with Crippen molar-refractivity contribution >= 4 is 23.7 Å². The highest BCUT2D eigenvalue weighted by molar-refractivity contribution is 5.98. The fraction of sp³-hybridized carbons (Fsp3) is 0.0870. The lowest BCUT2D eigenvalue weighted by Crippen LogP contribution is -2.46. The Kier molecular flexibility index (Phi) is 7.21. The number of amides is 2. The van der Waals surface area contributed by atoms with Gasteiger partial charge in [-0.25, -0.2) is 5.43 Å². The molecule has 0 aromatic heterocycles. The summed E-state index contributed by atoms with van der Waals surface area (Å²) in [6, 6.07) is 22.8. The van der Waals surface area contributed by atoms with Crippen LogP contribution in [0, 0.1) is 10.1 Å². The van der Waals surface area contributed by atoms with Crippen LogP contribution in [-0.4, -0.2) is 29.0 Å². The molecule has 8 heteroatoms. The fourth-order valence-electron chi connectivity index (χ4n) is 2.82. The number of hydrogen-bond acceptors (Lipinski definition) is 5. The summed E-state index contributed by atoms with van der Waals surface area (Å²) in [5.74, 6) is -0.996. The number of carbonyl (C=O) groups excluding carboxylic acids is 2. The number of nitro benzene ring substituents is 1. The quantitative estimate of drug-likeness (QED) is 0.334. The van der Waals surface area contributed by atoms with Crippen LogP contribution >= 0.6 is 0 Å². The second-order valence-corrected chi connectivity index (χ2v) is 6.66. The molecule has 0 saturated carbocycles. The molecule has 8 nitrogen and oxygen atoms in total. The number of benzene rings is 3. The van der Waals surface area contributed by atoms with Crippen molar-refractivity contribution in [3.05, 3.63) is 112 Å². The smallest absolute Gasteiger partial charge is 0.269 e. The van der Waals surface area contributed by atoms with Gasteiger partial charge < -0.3 is 5.32 Å². The van der Waals surface area contributed by atoms with Gasteiger partial charge in [-0.1, -0.05) is 60.7 Å². The van der Waals surface area contributed by atoms with Gasteiger partial charge in [0.15, 0.2) is 0 Å². The van der Waals surface area contributed by atoms with Crippen LogP contribution in [-0.2, 0) is 11.2 Å². The van der Waals surface area contributed by atoms with Crippen molar-refractivity contribution in [3.63, 3.8) is 0 Å². The largest absolute Gasteiger partial charge is 0.340 e. The Morgan fingerprint density at radius 2 is 1.55 bits per heavy atom. The molecule has 3 aromatic rings. The zero-order chi connectivity index (χ0) is 22.1. The Morgan fingerprint density at radius 3 is 2.16 bits per heavy atom. The van der Waals surface area contributed by atoms with E-state index in [-0.39, 0.29) is 17.7 Å². The van der Waals surface area contributed by atoms with Gasteiger partial charge in [0.1, 0.15) is 6.04 Å². The van der Waals surface area contributed by atoms with Crippen molar-refractivity contribution in [2.24, 2.45) is 5.10 Å². The summed E-state index contributed by atoms with van der Waals surface area (Å²) in [4.78, 5) is 35.6. The van der Waals surface area contributed by atoms with Crippen molar-refractivity contribution in [1.29, 1.82) is 0 Å². The lowest BCUT2D eigenvalue weighted by molar-refractivity contribution is -0.384. The third-order valence-corrected chi connectivity index (χ3v) is 4.43. The van der Waals surface area contributed by atoms with Gasteiger partial charge >= 0.3 is 0 Å². The first-order valence-corrected chi connectivity index (χ1v) is 9.50. The first-order valence-electron chi connectivity index (χ1n) is 9.50. The Labute approximate surface area is 178 Å². The first kappa shape index (κ1) is 21.4. The van der Waals surface area contributed by atoms with Crippen LogP contribution in [0.5, 0.6) is 0 Å². The lowest BCUT2D eigenvalue weighted by Gasteiger charge is -2.17. The molecular formula is C23H20N4O4. The van der Waals surface area contributed by atoms with Crippen LogP contribution in [0.2, 0.25) is 0 Å². The molecule has 2 N–H and O–H groups in total. The Hall–Kier alpha value is -4.33. The first-order chi connectivity index (χ1) is 15.0. The maximum atomic E-state index is 12.7. The van der Waals surface area contributed by atoms with Gasteiger partial charge in [0.25, 0.3) is 17.5 Å². The Balaban J connectivity index is 1.72. The molecule has 3 aromatic carbocycles. The lowest BCUT2D eigenvalue weighted by atomic mass is 10.0. The predicted octanol–water partition coefficient (Wildman–Crippen LogP) is 3.09. The molecule has 0 spiro atoms. The average Bonchev–Trinajstić information content (AvgIpc) is 2.80. The summed E-state index contributed by atoms with van der Waals surface area (Å²) >= 11 is 0. The molecule has 0 aliphatic heterocycles. The van der Waals surface area contributed by atoms with Crippen LogP contribution in [0.3, 0.4) is 0 Å². The van der Waals surface area contributed by atoms with Crippen LogP contribution in [0.1, 0.15) is 21.5 Å². The molecule has 0 heterocycles. The number of rotatable bonds is 8. The summed E-state index contributed by atoms with van der Waals surface area (Å²) in [6.45, 7) is 0. The molecule has 3 rings (SSSR count). The van der Waals surface area contributed by atoms with Gasteiger partial charge in [0.2, 0.25) is 0 Å². The highest BCUT2D eigenvalue weighted by Crippen LogP contribution is 2.12. The highest BCUT2D eigenvalue weighted by atomic mass is 16.6. The minimum atomic E-state index is -0.891. The summed E-state index contributed by atoms with van der Waals surface area (Å²) < 4.78 is 0. The number of carbonyl (C=O) groups is 2. The Morgan fingerprint density at radius 1 is 0.935 bits per heavy atom. The number of nitro groups is 1. The number of non-ortho nitro benzene ring substituents is 1. The second-order valence-electron chi connectivity index (χ2n) is 6.66. The number of nitrogens with one attached hydrogen (secondary N) is 2. The van der Waals surface area contributed by atoms with Crippen molar-refractivity contribution in [2.45, 2.75) is 12.5 Å².